The first-order valence-corrected chi connectivity index (χ1v) is 7.38. The predicted octanol–water partition coefficient (Wildman–Crippen LogP) is 1.19. The van der Waals surface area contributed by atoms with E-state index in [9.17, 15) is 9.90 Å². The number of rotatable bonds is 3. The molecule has 2 unspecified atom stereocenters. The largest absolute Gasteiger partial charge is 0.393 e. The summed E-state index contributed by atoms with van der Waals surface area (Å²) in [6, 6.07) is 1.88. The highest BCUT2D eigenvalue weighted by Crippen LogP contribution is 2.21. The van der Waals surface area contributed by atoms with Crippen molar-refractivity contribution in [2.45, 2.75) is 26.0 Å². The van der Waals surface area contributed by atoms with Crippen molar-refractivity contribution in [2.75, 3.05) is 13.1 Å². The average molecular weight is 279 g/mol. The smallest absolute Gasteiger partial charge is 0.268 e. The molecule has 2 aromatic heterocycles. The van der Waals surface area contributed by atoms with Crippen LogP contribution in [0, 0.1) is 5.92 Å². The van der Waals surface area contributed by atoms with Crippen LogP contribution in [0.2, 0.25) is 0 Å². The van der Waals surface area contributed by atoms with Gasteiger partial charge in [-0.05, 0) is 37.3 Å². The van der Waals surface area contributed by atoms with Gasteiger partial charge in [-0.3, -0.25) is 9.69 Å². The summed E-state index contributed by atoms with van der Waals surface area (Å²) in [5.41, 5.74) is 0.719. The molecule has 2 aromatic rings. The summed E-state index contributed by atoms with van der Waals surface area (Å²) >= 11 is 1.42. The van der Waals surface area contributed by atoms with Crippen LogP contribution in [0.1, 0.15) is 19.2 Å². The summed E-state index contributed by atoms with van der Waals surface area (Å²) < 4.78 is 0.687. The van der Waals surface area contributed by atoms with E-state index in [2.05, 4.69) is 14.9 Å². The van der Waals surface area contributed by atoms with E-state index in [4.69, 9.17) is 0 Å². The van der Waals surface area contributed by atoms with Crippen molar-refractivity contribution in [2.24, 2.45) is 5.92 Å². The SMILES string of the molecule is CC(O)C1CCN(Cc2nc3ccsc3c(=O)[nH]2)C1. The maximum atomic E-state index is 11.9. The van der Waals surface area contributed by atoms with E-state index in [1.54, 1.807) is 0 Å². The van der Waals surface area contributed by atoms with Crippen LogP contribution in [0.4, 0.5) is 0 Å². The topological polar surface area (TPSA) is 69.2 Å². The van der Waals surface area contributed by atoms with Gasteiger partial charge in [0.2, 0.25) is 0 Å². The molecule has 2 atom stereocenters. The number of likely N-dealkylation sites (tertiary alicyclic amines) is 1. The Balaban J connectivity index is 1.77. The number of nitrogens with one attached hydrogen (secondary N) is 1. The Hall–Kier alpha value is -1.24. The molecule has 0 radical (unpaired) electrons. The molecule has 3 rings (SSSR count). The van der Waals surface area contributed by atoms with Gasteiger partial charge in [-0.15, -0.1) is 11.3 Å². The Labute approximate surface area is 114 Å². The second kappa shape index (κ2) is 5.03. The van der Waals surface area contributed by atoms with Crippen molar-refractivity contribution < 1.29 is 5.11 Å². The van der Waals surface area contributed by atoms with Gasteiger partial charge in [-0.2, -0.15) is 0 Å². The fourth-order valence-corrected chi connectivity index (χ4v) is 3.33. The quantitative estimate of drug-likeness (QED) is 0.885. The number of aromatic amines is 1. The predicted molar refractivity (Wildman–Crippen MR) is 75.3 cm³/mol. The minimum absolute atomic E-state index is 0.0544. The molecule has 0 saturated carbocycles. The van der Waals surface area contributed by atoms with Crippen LogP contribution in [-0.4, -0.2) is 39.2 Å². The molecule has 0 bridgehead atoms. The molecule has 3 heterocycles. The molecule has 1 aliphatic heterocycles. The van der Waals surface area contributed by atoms with Crippen LogP contribution in [0.3, 0.4) is 0 Å². The number of aliphatic hydroxyl groups is 1. The van der Waals surface area contributed by atoms with Crippen LogP contribution < -0.4 is 5.56 Å². The molecule has 0 spiro atoms. The number of fused-ring (bicyclic) bond motifs is 1. The standard InChI is InChI=1S/C13H17N3O2S/c1-8(17)9-2-4-16(6-9)7-11-14-10-3-5-19-12(10)13(18)15-11/h3,5,8-9,17H,2,4,6-7H2,1H3,(H,14,15,18). The molecule has 0 amide bonds. The van der Waals surface area contributed by atoms with Gasteiger partial charge >= 0.3 is 0 Å². The summed E-state index contributed by atoms with van der Waals surface area (Å²) in [7, 11) is 0. The molecule has 102 valence electrons. The lowest BCUT2D eigenvalue weighted by atomic mass is 10.0. The molecule has 1 fully saturated rings. The zero-order valence-electron chi connectivity index (χ0n) is 10.8. The lowest BCUT2D eigenvalue weighted by Crippen LogP contribution is -2.26. The third-order valence-corrected chi connectivity index (χ3v) is 4.63. The zero-order valence-corrected chi connectivity index (χ0v) is 11.6. The van der Waals surface area contributed by atoms with Gasteiger partial charge in [0.05, 0.1) is 18.2 Å². The molecular formula is C13H17N3O2S. The van der Waals surface area contributed by atoms with Gasteiger partial charge in [-0.25, -0.2) is 4.98 Å². The van der Waals surface area contributed by atoms with Crippen LogP contribution >= 0.6 is 11.3 Å². The van der Waals surface area contributed by atoms with Gasteiger partial charge in [0.25, 0.3) is 5.56 Å². The second-order valence-corrected chi connectivity index (χ2v) is 6.09. The number of H-pyrrole nitrogens is 1. The van der Waals surface area contributed by atoms with Gasteiger partial charge in [-0.1, -0.05) is 0 Å². The Morgan fingerprint density at radius 1 is 1.68 bits per heavy atom. The molecular weight excluding hydrogens is 262 g/mol. The van der Waals surface area contributed by atoms with E-state index in [-0.39, 0.29) is 11.7 Å². The summed E-state index contributed by atoms with van der Waals surface area (Å²) in [5.74, 6) is 1.04. The fraction of sp³-hybridized carbons (Fsp3) is 0.538. The summed E-state index contributed by atoms with van der Waals surface area (Å²) in [4.78, 5) is 21.4. The molecule has 5 nitrogen and oxygen atoms in total. The Bertz CT molecular complexity index is 634. The Morgan fingerprint density at radius 2 is 2.53 bits per heavy atom. The molecule has 0 aromatic carbocycles. The molecule has 2 N–H and O–H groups in total. The molecule has 19 heavy (non-hydrogen) atoms. The lowest BCUT2D eigenvalue weighted by molar-refractivity contribution is 0.127. The van der Waals surface area contributed by atoms with Gasteiger partial charge in [0.1, 0.15) is 10.5 Å². The van der Waals surface area contributed by atoms with E-state index >= 15 is 0 Å². The average Bonchev–Trinajstić information content (AvgIpc) is 2.97. The summed E-state index contributed by atoms with van der Waals surface area (Å²) in [6.07, 6.45) is 0.735. The number of hydrogen-bond donors (Lipinski definition) is 2. The highest BCUT2D eigenvalue weighted by Gasteiger charge is 2.26. The highest BCUT2D eigenvalue weighted by molar-refractivity contribution is 7.17. The fourth-order valence-electron chi connectivity index (χ4n) is 2.61. The van der Waals surface area contributed by atoms with Crippen LogP contribution in [0.5, 0.6) is 0 Å². The first-order chi connectivity index (χ1) is 9.13. The van der Waals surface area contributed by atoms with Crippen molar-refractivity contribution in [1.29, 1.82) is 0 Å². The van der Waals surface area contributed by atoms with Crippen LogP contribution in [0.25, 0.3) is 10.2 Å². The number of thiophene rings is 1. The molecule has 6 heteroatoms. The normalized spacial score (nSPS) is 22.1. The minimum atomic E-state index is -0.267. The van der Waals surface area contributed by atoms with Crippen LogP contribution in [-0.2, 0) is 6.54 Å². The Morgan fingerprint density at radius 3 is 3.26 bits per heavy atom. The maximum absolute atomic E-state index is 11.9. The first kappa shape index (κ1) is 12.8. The third-order valence-electron chi connectivity index (χ3n) is 3.73. The number of hydrogen-bond acceptors (Lipinski definition) is 5. The highest BCUT2D eigenvalue weighted by atomic mass is 32.1. The molecule has 0 aliphatic carbocycles. The van der Waals surface area contributed by atoms with Gasteiger partial charge in [0.15, 0.2) is 0 Å². The van der Waals surface area contributed by atoms with Crippen molar-refractivity contribution >= 4 is 21.6 Å². The van der Waals surface area contributed by atoms with Gasteiger partial charge < -0.3 is 10.1 Å². The van der Waals surface area contributed by atoms with Gasteiger partial charge in [0, 0.05) is 6.54 Å². The lowest BCUT2D eigenvalue weighted by Gasteiger charge is -2.16. The maximum Gasteiger partial charge on any atom is 0.268 e. The van der Waals surface area contributed by atoms with Crippen molar-refractivity contribution in [3.63, 3.8) is 0 Å². The van der Waals surface area contributed by atoms with Crippen molar-refractivity contribution in [3.05, 3.63) is 27.6 Å². The molecule has 1 aliphatic rings. The zero-order chi connectivity index (χ0) is 13.4. The minimum Gasteiger partial charge on any atom is -0.393 e. The van der Waals surface area contributed by atoms with Crippen LogP contribution in [0.15, 0.2) is 16.2 Å². The third kappa shape index (κ3) is 2.56. The van der Waals surface area contributed by atoms with E-state index in [1.165, 1.54) is 11.3 Å². The van der Waals surface area contributed by atoms with Crippen molar-refractivity contribution in [3.8, 4) is 0 Å². The second-order valence-electron chi connectivity index (χ2n) is 5.17. The number of aromatic nitrogens is 2. The monoisotopic (exact) mass is 279 g/mol. The number of nitrogens with zero attached hydrogens (tertiary/aromatic N) is 2. The van der Waals surface area contributed by atoms with E-state index in [0.717, 1.165) is 25.0 Å². The van der Waals surface area contributed by atoms with E-state index in [0.29, 0.717) is 23.0 Å². The summed E-state index contributed by atoms with van der Waals surface area (Å²) in [5, 5.41) is 11.5. The Kier molecular flexibility index (Phi) is 3.38. The first-order valence-electron chi connectivity index (χ1n) is 6.50. The van der Waals surface area contributed by atoms with E-state index in [1.807, 2.05) is 18.4 Å². The summed E-state index contributed by atoms with van der Waals surface area (Å²) in [6.45, 7) is 4.29. The van der Waals surface area contributed by atoms with E-state index < -0.39 is 0 Å². The van der Waals surface area contributed by atoms with Crippen molar-refractivity contribution in [1.82, 2.24) is 14.9 Å². The number of aliphatic hydroxyl groups excluding tert-OH is 1. The molecule has 1 saturated heterocycles.